The van der Waals surface area contributed by atoms with Crippen LogP contribution >= 0.6 is 0 Å². The second-order valence-corrected chi connectivity index (χ2v) is 4.56. The van der Waals surface area contributed by atoms with Gasteiger partial charge in [-0.25, -0.2) is 0 Å². The molecule has 3 N–H and O–H groups in total. The van der Waals surface area contributed by atoms with Gasteiger partial charge in [-0.3, -0.25) is 0 Å². The first-order valence-corrected chi connectivity index (χ1v) is 5.99. The van der Waals surface area contributed by atoms with Gasteiger partial charge in [0, 0.05) is 6.54 Å². The monoisotopic (exact) mass is 220 g/mol. The van der Waals surface area contributed by atoms with Gasteiger partial charge in [-0.15, -0.1) is 0 Å². The van der Waals surface area contributed by atoms with E-state index in [0.717, 1.165) is 24.3 Å². The number of rotatable bonds is 2. The highest BCUT2D eigenvalue weighted by Gasteiger charge is 2.27. The van der Waals surface area contributed by atoms with Crippen molar-refractivity contribution in [2.24, 2.45) is 0 Å². The smallest absolute Gasteiger partial charge is 0.0715 e. The van der Waals surface area contributed by atoms with Crippen LogP contribution in [0, 0.1) is 0 Å². The Morgan fingerprint density at radius 2 is 2.12 bits per heavy atom. The first-order chi connectivity index (χ1) is 7.70. The summed E-state index contributed by atoms with van der Waals surface area (Å²) < 4.78 is 0. The highest BCUT2D eigenvalue weighted by atomic mass is 16.3. The van der Waals surface area contributed by atoms with Crippen molar-refractivity contribution >= 4 is 11.4 Å². The molecule has 16 heavy (non-hydrogen) atoms. The predicted molar refractivity (Wildman–Crippen MR) is 67.5 cm³/mol. The maximum Gasteiger partial charge on any atom is 0.0715 e. The van der Waals surface area contributed by atoms with E-state index in [2.05, 4.69) is 4.90 Å². The third-order valence-corrected chi connectivity index (χ3v) is 3.35. The summed E-state index contributed by atoms with van der Waals surface area (Å²) in [5.41, 5.74) is 7.85. The van der Waals surface area contributed by atoms with Crippen LogP contribution in [0.25, 0.3) is 0 Å². The molecule has 1 aliphatic rings. The minimum Gasteiger partial charge on any atom is -0.397 e. The molecule has 2 atom stereocenters. The first kappa shape index (κ1) is 11.3. The molecular weight excluding hydrogens is 200 g/mol. The number of para-hydroxylation sites is 2. The Morgan fingerprint density at radius 1 is 1.38 bits per heavy atom. The average molecular weight is 220 g/mol. The van der Waals surface area contributed by atoms with E-state index in [4.69, 9.17) is 5.73 Å². The van der Waals surface area contributed by atoms with Crippen molar-refractivity contribution in [1.82, 2.24) is 0 Å². The SMILES string of the molecule is C[C@@H](O)[C@H]1CCCCN1c1ccccc1N. The average Bonchev–Trinajstić information content (AvgIpc) is 2.29. The van der Waals surface area contributed by atoms with Crippen LogP contribution in [-0.4, -0.2) is 23.8 Å². The third kappa shape index (κ3) is 2.14. The zero-order valence-corrected chi connectivity index (χ0v) is 9.76. The van der Waals surface area contributed by atoms with Gasteiger partial charge in [0.2, 0.25) is 0 Å². The summed E-state index contributed by atoms with van der Waals surface area (Å²) in [6, 6.07) is 8.11. The molecule has 0 spiro atoms. The van der Waals surface area contributed by atoms with Crippen molar-refractivity contribution in [3.63, 3.8) is 0 Å². The van der Waals surface area contributed by atoms with Crippen molar-refractivity contribution in [2.45, 2.75) is 38.3 Å². The lowest BCUT2D eigenvalue weighted by Crippen LogP contribution is -2.46. The number of anilines is 2. The molecule has 2 rings (SSSR count). The Kier molecular flexibility index (Phi) is 3.34. The first-order valence-electron chi connectivity index (χ1n) is 5.99. The molecule has 1 aromatic carbocycles. The van der Waals surface area contributed by atoms with Crippen molar-refractivity contribution in [3.05, 3.63) is 24.3 Å². The molecular formula is C13H20N2O. The molecule has 0 amide bonds. The topological polar surface area (TPSA) is 49.5 Å². The van der Waals surface area contributed by atoms with Gasteiger partial charge in [-0.1, -0.05) is 12.1 Å². The zero-order chi connectivity index (χ0) is 11.5. The fraction of sp³-hybridized carbons (Fsp3) is 0.538. The summed E-state index contributed by atoms with van der Waals surface area (Å²) >= 11 is 0. The summed E-state index contributed by atoms with van der Waals surface area (Å²) in [6.45, 7) is 2.85. The van der Waals surface area contributed by atoms with E-state index >= 15 is 0 Å². The molecule has 3 heteroatoms. The van der Waals surface area contributed by atoms with Crippen LogP contribution in [-0.2, 0) is 0 Å². The van der Waals surface area contributed by atoms with E-state index in [1.807, 2.05) is 31.2 Å². The molecule has 1 aliphatic heterocycles. The number of hydrogen-bond acceptors (Lipinski definition) is 3. The van der Waals surface area contributed by atoms with Gasteiger partial charge in [-0.2, -0.15) is 0 Å². The number of aliphatic hydroxyl groups excluding tert-OH is 1. The van der Waals surface area contributed by atoms with Gasteiger partial charge in [0.15, 0.2) is 0 Å². The minimum absolute atomic E-state index is 0.207. The van der Waals surface area contributed by atoms with Gasteiger partial charge in [-0.05, 0) is 38.3 Å². The Labute approximate surface area is 96.9 Å². The van der Waals surface area contributed by atoms with Gasteiger partial charge < -0.3 is 15.7 Å². The third-order valence-electron chi connectivity index (χ3n) is 3.35. The maximum atomic E-state index is 9.82. The van der Waals surface area contributed by atoms with E-state index in [0.29, 0.717) is 0 Å². The summed E-state index contributed by atoms with van der Waals surface area (Å²) in [5.74, 6) is 0. The van der Waals surface area contributed by atoms with Crippen LogP contribution in [0.4, 0.5) is 11.4 Å². The Morgan fingerprint density at radius 3 is 2.81 bits per heavy atom. The fourth-order valence-electron chi connectivity index (χ4n) is 2.51. The lowest BCUT2D eigenvalue weighted by atomic mass is 9.97. The van der Waals surface area contributed by atoms with Gasteiger partial charge in [0.05, 0.1) is 23.5 Å². The molecule has 0 bridgehead atoms. The summed E-state index contributed by atoms with van der Waals surface area (Å²) in [6.07, 6.45) is 3.11. The molecule has 1 heterocycles. The maximum absolute atomic E-state index is 9.82. The van der Waals surface area contributed by atoms with Crippen molar-refractivity contribution in [3.8, 4) is 0 Å². The minimum atomic E-state index is -0.306. The van der Waals surface area contributed by atoms with Crippen LogP contribution < -0.4 is 10.6 Å². The molecule has 3 nitrogen and oxygen atoms in total. The van der Waals surface area contributed by atoms with Crippen LogP contribution in [0.15, 0.2) is 24.3 Å². The Balaban J connectivity index is 2.27. The van der Waals surface area contributed by atoms with E-state index in [-0.39, 0.29) is 12.1 Å². The predicted octanol–water partition coefficient (Wildman–Crippen LogP) is 2.01. The van der Waals surface area contributed by atoms with Gasteiger partial charge in [0.1, 0.15) is 0 Å². The number of nitrogen functional groups attached to an aromatic ring is 1. The summed E-state index contributed by atoms with van der Waals surface area (Å²) in [4.78, 5) is 2.25. The van der Waals surface area contributed by atoms with Gasteiger partial charge >= 0.3 is 0 Å². The molecule has 0 radical (unpaired) electrons. The Hall–Kier alpha value is -1.22. The second kappa shape index (κ2) is 4.74. The summed E-state index contributed by atoms with van der Waals surface area (Å²) in [7, 11) is 0. The zero-order valence-electron chi connectivity index (χ0n) is 9.76. The van der Waals surface area contributed by atoms with E-state index in [1.54, 1.807) is 0 Å². The molecule has 0 aromatic heterocycles. The van der Waals surface area contributed by atoms with Crippen molar-refractivity contribution in [1.29, 1.82) is 0 Å². The number of hydrogen-bond donors (Lipinski definition) is 2. The van der Waals surface area contributed by atoms with Crippen LogP contribution in [0.1, 0.15) is 26.2 Å². The number of nitrogens with zero attached hydrogens (tertiary/aromatic N) is 1. The number of benzene rings is 1. The van der Waals surface area contributed by atoms with Crippen LogP contribution in [0.2, 0.25) is 0 Å². The standard InChI is InChI=1S/C13H20N2O/c1-10(16)12-7-4-5-9-15(12)13-8-3-2-6-11(13)14/h2-3,6,8,10,12,16H,4-5,7,9,14H2,1H3/t10-,12-/m1/s1. The quantitative estimate of drug-likeness (QED) is 0.750. The van der Waals surface area contributed by atoms with Crippen LogP contribution in [0.3, 0.4) is 0 Å². The van der Waals surface area contributed by atoms with Crippen LogP contribution in [0.5, 0.6) is 0 Å². The van der Waals surface area contributed by atoms with E-state index in [1.165, 1.54) is 12.8 Å². The molecule has 0 aliphatic carbocycles. The molecule has 0 saturated carbocycles. The molecule has 1 fully saturated rings. The lowest BCUT2D eigenvalue weighted by molar-refractivity contribution is 0.146. The number of nitrogens with two attached hydrogens (primary N) is 1. The van der Waals surface area contributed by atoms with Crippen molar-refractivity contribution in [2.75, 3.05) is 17.2 Å². The highest BCUT2D eigenvalue weighted by Crippen LogP contribution is 2.30. The summed E-state index contributed by atoms with van der Waals surface area (Å²) in [5, 5.41) is 9.82. The largest absolute Gasteiger partial charge is 0.397 e. The molecule has 88 valence electrons. The fourth-order valence-corrected chi connectivity index (χ4v) is 2.51. The normalized spacial score (nSPS) is 23.1. The lowest BCUT2D eigenvalue weighted by Gasteiger charge is -2.39. The Bertz CT molecular complexity index is 352. The number of aliphatic hydroxyl groups is 1. The highest BCUT2D eigenvalue weighted by molar-refractivity contribution is 5.68. The van der Waals surface area contributed by atoms with E-state index < -0.39 is 0 Å². The molecule has 0 unspecified atom stereocenters. The second-order valence-electron chi connectivity index (χ2n) is 4.56. The number of piperidine rings is 1. The van der Waals surface area contributed by atoms with Crippen molar-refractivity contribution < 1.29 is 5.11 Å². The van der Waals surface area contributed by atoms with E-state index in [9.17, 15) is 5.11 Å². The molecule has 1 aromatic rings. The molecule has 1 saturated heterocycles. The van der Waals surface area contributed by atoms with Gasteiger partial charge in [0.25, 0.3) is 0 Å².